The first kappa shape index (κ1) is 21.3. The summed E-state index contributed by atoms with van der Waals surface area (Å²) in [7, 11) is 0. The van der Waals surface area contributed by atoms with Crippen molar-refractivity contribution in [3.05, 3.63) is 51.1 Å². The lowest BCUT2D eigenvalue weighted by molar-refractivity contribution is 0.138. The molecule has 1 aliphatic heterocycles. The molecule has 0 unspecified atom stereocenters. The van der Waals surface area contributed by atoms with Crippen LogP contribution < -0.4 is 5.56 Å². The summed E-state index contributed by atoms with van der Waals surface area (Å²) in [6.07, 6.45) is 8.27. The molecule has 7 heteroatoms. The van der Waals surface area contributed by atoms with Crippen LogP contribution in [0.1, 0.15) is 86.5 Å². The Morgan fingerprint density at radius 1 is 1.09 bits per heavy atom. The molecule has 32 heavy (non-hydrogen) atoms. The van der Waals surface area contributed by atoms with Gasteiger partial charge in [-0.05, 0) is 85.0 Å². The Kier molecular flexibility index (Phi) is 5.84. The largest absolute Gasteiger partial charge is 0.321 e. The van der Waals surface area contributed by atoms with Gasteiger partial charge in [-0.2, -0.15) is 0 Å². The third-order valence-corrected chi connectivity index (χ3v) is 7.61. The van der Waals surface area contributed by atoms with E-state index in [1.165, 1.54) is 31.2 Å². The molecule has 0 spiro atoms. The molecule has 1 aliphatic carbocycles. The summed E-state index contributed by atoms with van der Waals surface area (Å²) in [5.41, 5.74) is 3.95. The van der Waals surface area contributed by atoms with Gasteiger partial charge in [0.15, 0.2) is 5.82 Å². The van der Waals surface area contributed by atoms with Crippen molar-refractivity contribution in [3.63, 3.8) is 0 Å². The predicted octanol–water partition coefficient (Wildman–Crippen LogP) is 4.46. The second kappa shape index (κ2) is 8.77. The zero-order chi connectivity index (χ0) is 22.2. The highest BCUT2D eigenvalue weighted by molar-refractivity contribution is 5.83. The minimum absolute atomic E-state index is 0.0346. The van der Waals surface area contributed by atoms with Crippen LogP contribution in [0, 0.1) is 19.8 Å². The first-order valence-electron chi connectivity index (χ1n) is 12.2. The molecule has 3 aromatic rings. The number of rotatable bonds is 4. The number of nitrogens with one attached hydrogen (secondary N) is 1. The molecular weight excluding hydrogens is 400 g/mol. The second-order valence-electron chi connectivity index (χ2n) is 9.94. The molecule has 2 fully saturated rings. The predicted molar refractivity (Wildman–Crippen MR) is 126 cm³/mol. The Balaban J connectivity index is 1.65. The van der Waals surface area contributed by atoms with Crippen LogP contribution in [0.25, 0.3) is 10.9 Å². The number of benzene rings is 1. The van der Waals surface area contributed by atoms with Gasteiger partial charge in [-0.3, -0.25) is 9.69 Å². The van der Waals surface area contributed by atoms with Crippen LogP contribution in [0.4, 0.5) is 0 Å². The van der Waals surface area contributed by atoms with Crippen LogP contribution >= 0.6 is 0 Å². The maximum Gasteiger partial charge on any atom is 0.253 e. The average Bonchev–Trinajstić information content (AvgIpc) is 3.28. The zero-order valence-electron chi connectivity index (χ0n) is 19.5. The SMILES string of the molecule is Cc1ccc2cc([C@@H](c3nnnn3C3CCCCC3)N3CCC[C@@H](C)C3)c(=O)[nH]c2c1C. The van der Waals surface area contributed by atoms with Gasteiger partial charge < -0.3 is 4.98 Å². The standard InChI is InChI=1S/C25H34N6O/c1-16-8-7-13-30(15-16)23(24-27-28-29-31(24)20-9-5-4-6-10-20)21-14-19-12-11-17(2)18(3)22(19)26-25(21)32/h11-12,14,16,20,23H,4-10,13,15H2,1-3H3,(H,26,32)/t16-,23+/m1/s1. The molecule has 1 saturated carbocycles. The van der Waals surface area contributed by atoms with Gasteiger partial charge in [-0.1, -0.05) is 38.3 Å². The molecule has 1 aromatic carbocycles. The molecule has 1 saturated heterocycles. The quantitative estimate of drug-likeness (QED) is 0.656. The Morgan fingerprint density at radius 2 is 1.91 bits per heavy atom. The summed E-state index contributed by atoms with van der Waals surface area (Å²) in [5.74, 6) is 1.41. The smallest absolute Gasteiger partial charge is 0.253 e. The lowest BCUT2D eigenvalue weighted by Gasteiger charge is -2.37. The van der Waals surface area contributed by atoms with Crippen molar-refractivity contribution < 1.29 is 0 Å². The van der Waals surface area contributed by atoms with Gasteiger partial charge in [0.2, 0.25) is 0 Å². The van der Waals surface area contributed by atoms with Crippen LogP contribution in [0.15, 0.2) is 23.0 Å². The molecule has 170 valence electrons. The van der Waals surface area contributed by atoms with Gasteiger partial charge in [0.05, 0.1) is 11.6 Å². The third-order valence-electron chi connectivity index (χ3n) is 7.61. The molecule has 2 aliphatic rings. The van der Waals surface area contributed by atoms with Crippen LogP contribution in [-0.2, 0) is 0 Å². The molecule has 3 heterocycles. The fourth-order valence-electron chi connectivity index (χ4n) is 5.67. The van der Waals surface area contributed by atoms with E-state index in [4.69, 9.17) is 0 Å². The van der Waals surface area contributed by atoms with Crippen molar-refractivity contribution in [1.29, 1.82) is 0 Å². The third kappa shape index (κ3) is 3.87. The number of nitrogens with zero attached hydrogens (tertiary/aromatic N) is 5. The van der Waals surface area contributed by atoms with Crippen LogP contribution in [0.2, 0.25) is 0 Å². The van der Waals surface area contributed by atoms with Crippen LogP contribution in [-0.4, -0.2) is 43.2 Å². The Labute approximate surface area is 189 Å². The van der Waals surface area contributed by atoms with Crippen molar-refractivity contribution in [3.8, 4) is 0 Å². The Hall–Kier alpha value is -2.54. The zero-order valence-corrected chi connectivity index (χ0v) is 19.5. The lowest BCUT2D eigenvalue weighted by Crippen LogP contribution is -2.41. The number of aromatic amines is 1. The number of fused-ring (bicyclic) bond motifs is 1. The number of likely N-dealkylation sites (tertiary alicyclic amines) is 1. The van der Waals surface area contributed by atoms with E-state index in [0.29, 0.717) is 12.0 Å². The minimum atomic E-state index is -0.232. The summed E-state index contributed by atoms with van der Waals surface area (Å²) in [4.78, 5) is 19.1. The first-order valence-corrected chi connectivity index (χ1v) is 12.2. The number of aromatic nitrogens is 5. The molecule has 0 radical (unpaired) electrons. The number of hydrogen-bond acceptors (Lipinski definition) is 5. The number of H-pyrrole nitrogens is 1. The molecule has 0 bridgehead atoms. The number of piperidine rings is 1. The Bertz CT molecular complexity index is 1160. The minimum Gasteiger partial charge on any atom is -0.321 e. The fourth-order valence-corrected chi connectivity index (χ4v) is 5.67. The monoisotopic (exact) mass is 434 g/mol. The normalized spacial score (nSPS) is 21.8. The van der Waals surface area contributed by atoms with E-state index in [1.54, 1.807) is 0 Å². The van der Waals surface area contributed by atoms with Crippen LogP contribution in [0.3, 0.4) is 0 Å². The molecule has 7 nitrogen and oxygen atoms in total. The summed E-state index contributed by atoms with van der Waals surface area (Å²) >= 11 is 0. The van der Waals surface area contributed by atoms with Gasteiger partial charge in [-0.15, -0.1) is 5.10 Å². The van der Waals surface area contributed by atoms with Gasteiger partial charge in [0.25, 0.3) is 5.56 Å². The number of tetrazole rings is 1. The number of aryl methyl sites for hydroxylation is 2. The highest BCUT2D eigenvalue weighted by atomic mass is 16.1. The fraction of sp³-hybridized carbons (Fsp3) is 0.600. The van der Waals surface area contributed by atoms with E-state index in [-0.39, 0.29) is 11.6 Å². The molecule has 2 aromatic heterocycles. The topological polar surface area (TPSA) is 79.7 Å². The summed E-state index contributed by atoms with van der Waals surface area (Å²) < 4.78 is 2.03. The maximum atomic E-state index is 13.5. The first-order chi connectivity index (χ1) is 15.5. The van der Waals surface area contributed by atoms with E-state index in [9.17, 15) is 4.79 Å². The van der Waals surface area contributed by atoms with Crippen molar-refractivity contribution >= 4 is 10.9 Å². The molecule has 2 atom stereocenters. The lowest BCUT2D eigenvalue weighted by atomic mass is 9.93. The van der Waals surface area contributed by atoms with E-state index >= 15 is 0 Å². The Morgan fingerprint density at radius 3 is 2.69 bits per heavy atom. The van der Waals surface area contributed by atoms with Gasteiger partial charge in [0, 0.05) is 12.1 Å². The van der Waals surface area contributed by atoms with E-state index in [1.807, 2.05) is 4.68 Å². The molecule has 0 amide bonds. The summed E-state index contributed by atoms with van der Waals surface area (Å²) in [5, 5.41) is 14.1. The van der Waals surface area contributed by atoms with E-state index < -0.39 is 0 Å². The van der Waals surface area contributed by atoms with Crippen molar-refractivity contribution in [2.75, 3.05) is 13.1 Å². The average molecular weight is 435 g/mol. The van der Waals surface area contributed by atoms with E-state index in [2.05, 4.69) is 64.4 Å². The van der Waals surface area contributed by atoms with Crippen molar-refractivity contribution in [2.45, 2.75) is 77.8 Å². The molecular formula is C25H34N6O. The maximum absolute atomic E-state index is 13.5. The van der Waals surface area contributed by atoms with Gasteiger partial charge in [-0.25, -0.2) is 4.68 Å². The highest BCUT2D eigenvalue weighted by Crippen LogP contribution is 2.35. The summed E-state index contributed by atoms with van der Waals surface area (Å²) in [6, 6.07) is 6.40. The van der Waals surface area contributed by atoms with E-state index in [0.717, 1.165) is 60.2 Å². The number of pyridine rings is 1. The number of hydrogen-bond donors (Lipinski definition) is 1. The van der Waals surface area contributed by atoms with Crippen LogP contribution in [0.5, 0.6) is 0 Å². The molecule has 1 N–H and O–H groups in total. The van der Waals surface area contributed by atoms with Crippen molar-refractivity contribution in [2.24, 2.45) is 5.92 Å². The van der Waals surface area contributed by atoms with Gasteiger partial charge >= 0.3 is 0 Å². The van der Waals surface area contributed by atoms with Gasteiger partial charge in [0.1, 0.15) is 6.04 Å². The van der Waals surface area contributed by atoms with Crippen molar-refractivity contribution in [1.82, 2.24) is 30.1 Å². The summed E-state index contributed by atoms with van der Waals surface area (Å²) in [6.45, 7) is 8.35. The highest BCUT2D eigenvalue weighted by Gasteiger charge is 2.34. The second-order valence-corrected chi connectivity index (χ2v) is 9.94. The molecule has 5 rings (SSSR count).